The van der Waals surface area contributed by atoms with Crippen LogP contribution in [0.2, 0.25) is 0 Å². The van der Waals surface area contributed by atoms with E-state index in [1.165, 1.54) is 17.7 Å². The average molecular weight is 273 g/mol. The minimum Gasteiger partial charge on any atom is -0.311 e. The zero-order valence-electron chi connectivity index (χ0n) is 13.0. The van der Waals surface area contributed by atoms with Gasteiger partial charge in [-0.1, -0.05) is 31.6 Å². The molecular weight excluding hydrogens is 246 g/mol. The lowest BCUT2D eigenvalue weighted by Crippen LogP contribution is -2.29. The van der Waals surface area contributed by atoms with Crippen LogP contribution in [0, 0.1) is 5.92 Å². The Bertz CT molecular complexity index is 451. The SMILES string of the molecule is CC1=CCCN(Cc2cccc(CNCC(C)C)n2)C1. The molecule has 1 aromatic rings. The molecule has 1 N–H and O–H groups in total. The molecule has 0 spiro atoms. The van der Waals surface area contributed by atoms with E-state index in [2.05, 4.69) is 55.3 Å². The molecular formula is C17H27N3. The first-order chi connectivity index (χ1) is 9.63. The number of nitrogens with zero attached hydrogens (tertiary/aromatic N) is 2. The van der Waals surface area contributed by atoms with E-state index in [0.29, 0.717) is 5.92 Å². The highest BCUT2D eigenvalue weighted by molar-refractivity contribution is 5.12. The maximum Gasteiger partial charge on any atom is 0.0548 e. The predicted octanol–water partition coefficient (Wildman–Crippen LogP) is 2.98. The quantitative estimate of drug-likeness (QED) is 0.808. The molecule has 2 rings (SSSR count). The van der Waals surface area contributed by atoms with Gasteiger partial charge < -0.3 is 5.32 Å². The first-order valence-electron chi connectivity index (χ1n) is 7.67. The van der Waals surface area contributed by atoms with Gasteiger partial charge in [0.15, 0.2) is 0 Å². The molecule has 0 fully saturated rings. The van der Waals surface area contributed by atoms with Crippen LogP contribution in [0.3, 0.4) is 0 Å². The van der Waals surface area contributed by atoms with Crippen LogP contribution in [0.15, 0.2) is 29.8 Å². The summed E-state index contributed by atoms with van der Waals surface area (Å²) in [6.45, 7) is 11.8. The molecule has 0 bridgehead atoms. The Balaban J connectivity index is 1.87. The molecule has 0 saturated carbocycles. The Morgan fingerprint density at radius 3 is 2.85 bits per heavy atom. The Morgan fingerprint density at radius 2 is 2.10 bits per heavy atom. The molecule has 110 valence electrons. The maximum atomic E-state index is 4.77. The number of pyridine rings is 1. The van der Waals surface area contributed by atoms with Crippen LogP contribution in [0.25, 0.3) is 0 Å². The van der Waals surface area contributed by atoms with Crippen LogP contribution < -0.4 is 5.32 Å². The largest absolute Gasteiger partial charge is 0.311 e. The van der Waals surface area contributed by atoms with Gasteiger partial charge in [0.2, 0.25) is 0 Å². The second-order valence-corrected chi connectivity index (χ2v) is 6.19. The Kier molecular flexibility index (Phi) is 5.74. The van der Waals surface area contributed by atoms with Gasteiger partial charge in [-0.05, 0) is 37.9 Å². The van der Waals surface area contributed by atoms with Crippen molar-refractivity contribution in [2.45, 2.75) is 40.3 Å². The average Bonchev–Trinajstić information content (AvgIpc) is 2.39. The summed E-state index contributed by atoms with van der Waals surface area (Å²) in [5, 5.41) is 3.45. The lowest BCUT2D eigenvalue weighted by molar-refractivity contribution is 0.279. The maximum absolute atomic E-state index is 4.77. The van der Waals surface area contributed by atoms with Gasteiger partial charge in [-0.3, -0.25) is 9.88 Å². The fourth-order valence-corrected chi connectivity index (χ4v) is 2.56. The van der Waals surface area contributed by atoms with Crippen molar-refractivity contribution in [1.29, 1.82) is 0 Å². The van der Waals surface area contributed by atoms with Crippen LogP contribution in [0.4, 0.5) is 0 Å². The number of hydrogen-bond acceptors (Lipinski definition) is 3. The second kappa shape index (κ2) is 7.55. The van der Waals surface area contributed by atoms with Crippen molar-refractivity contribution in [3.63, 3.8) is 0 Å². The van der Waals surface area contributed by atoms with E-state index >= 15 is 0 Å². The highest BCUT2D eigenvalue weighted by atomic mass is 15.1. The van der Waals surface area contributed by atoms with Crippen LogP contribution in [0.5, 0.6) is 0 Å². The molecule has 3 nitrogen and oxygen atoms in total. The van der Waals surface area contributed by atoms with E-state index < -0.39 is 0 Å². The first kappa shape index (κ1) is 15.2. The van der Waals surface area contributed by atoms with Crippen LogP contribution >= 0.6 is 0 Å². The molecule has 0 aliphatic carbocycles. The van der Waals surface area contributed by atoms with Crippen molar-refractivity contribution in [2.75, 3.05) is 19.6 Å². The summed E-state index contributed by atoms with van der Waals surface area (Å²) in [5.41, 5.74) is 3.81. The molecule has 0 aromatic carbocycles. The lowest BCUT2D eigenvalue weighted by atomic mass is 10.1. The van der Waals surface area contributed by atoms with Crippen molar-refractivity contribution in [1.82, 2.24) is 15.2 Å². The van der Waals surface area contributed by atoms with Gasteiger partial charge in [0, 0.05) is 26.2 Å². The molecule has 2 heterocycles. The van der Waals surface area contributed by atoms with Gasteiger partial charge in [-0.2, -0.15) is 0 Å². The van der Waals surface area contributed by atoms with Gasteiger partial charge in [-0.25, -0.2) is 0 Å². The highest BCUT2D eigenvalue weighted by Crippen LogP contribution is 2.12. The van der Waals surface area contributed by atoms with E-state index in [1.54, 1.807) is 0 Å². The fraction of sp³-hybridized carbons (Fsp3) is 0.588. The zero-order chi connectivity index (χ0) is 14.4. The van der Waals surface area contributed by atoms with Crippen LogP contribution in [-0.2, 0) is 13.1 Å². The smallest absolute Gasteiger partial charge is 0.0548 e. The summed E-state index contributed by atoms with van der Waals surface area (Å²) >= 11 is 0. The van der Waals surface area contributed by atoms with E-state index in [1.807, 2.05) is 0 Å². The van der Waals surface area contributed by atoms with Crippen molar-refractivity contribution < 1.29 is 0 Å². The van der Waals surface area contributed by atoms with E-state index in [0.717, 1.165) is 38.4 Å². The molecule has 0 amide bonds. The number of nitrogens with one attached hydrogen (secondary N) is 1. The minimum atomic E-state index is 0.682. The van der Waals surface area contributed by atoms with Gasteiger partial charge >= 0.3 is 0 Å². The number of aromatic nitrogens is 1. The van der Waals surface area contributed by atoms with Gasteiger partial charge in [-0.15, -0.1) is 0 Å². The minimum absolute atomic E-state index is 0.682. The monoisotopic (exact) mass is 273 g/mol. The topological polar surface area (TPSA) is 28.2 Å². The van der Waals surface area contributed by atoms with Crippen molar-refractivity contribution in [2.24, 2.45) is 5.92 Å². The summed E-state index contributed by atoms with van der Waals surface area (Å²) < 4.78 is 0. The van der Waals surface area contributed by atoms with Crippen molar-refractivity contribution >= 4 is 0 Å². The third-order valence-electron chi connectivity index (χ3n) is 3.52. The molecule has 1 aromatic heterocycles. The van der Waals surface area contributed by atoms with E-state index in [9.17, 15) is 0 Å². The normalized spacial score (nSPS) is 16.5. The summed E-state index contributed by atoms with van der Waals surface area (Å²) in [4.78, 5) is 7.24. The summed E-state index contributed by atoms with van der Waals surface area (Å²) in [5.74, 6) is 0.682. The lowest BCUT2D eigenvalue weighted by Gasteiger charge is -2.25. The third-order valence-corrected chi connectivity index (χ3v) is 3.52. The Labute approximate surface area is 123 Å². The third kappa shape index (κ3) is 5.06. The zero-order valence-corrected chi connectivity index (χ0v) is 13.0. The summed E-state index contributed by atoms with van der Waals surface area (Å²) in [6.07, 6.45) is 3.51. The fourth-order valence-electron chi connectivity index (χ4n) is 2.56. The molecule has 0 radical (unpaired) electrons. The molecule has 0 saturated heterocycles. The number of hydrogen-bond donors (Lipinski definition) is 1. The van der Waals surface area contributed by atoms with E-state index in [4.69, 9.17) is 4.98 Å². The number of rotatable bonds is 6. The molecule has 3 heteroatoms. The molecule has 1 aliphatic rings. The second-order valence-electron chi connectivity index (χ2n) is 6.19. The Hall–Kier alpha value is -1.19. The van der Waals surface area contributed by atoms with Gasteiger partial charge in [0.25, 0.3) is 0 Å². The molecule has 1 aliphatic heterocycles. The van der Waals surface area contributed by atoms with Crippen molar-refractivity contribution in [3.05, 3.63) is 41.2 Å². The van der Waals surface area contributed by atoms with Gasteiger partial charge in [0.05, 0.1) is 11.4 Å². The first-order valence-corrected chi connectivity index (χ1v) is 7.67. The Morgan fingerprint density at radius 1 is 1.30 bits per heavy atom. The molecule has 0 atom stereocenters. The highest BCUT2D eigenvalue weighted by Gasteiger charge is 2.11. The summed E-state index contributed by atoms with van der Waals surface area (Å²) in [7, 11) is 0. The summed E-state index contributed by atoms with van der Waals surface area (Å²) in [6, 6.07) is 6.37. The van der Waals surface area contributed by atoms with Crippen molar-refractivity contribution in [3.8, 4) is 0 Å². The standard InChI is InChI=1S/C17H27N3/c1-14(2)10-18-11-16-7-4-8-17(19-16)13-20-9-5-6-15(3)12-20/h4,6-8,14,18H,5,9-13H2,1-3H3. The van der Waals surface area contributed by atoms with Crippen LogP contribution in [0.1, 0.15) is 38.6 Å². The van der Waals surface area contributed by atoms with Gasteiger partial charge in [0.1, 0.15) is 0 Å². The molecule has 0 unspecified atom stereocenters. The molecule has 20 heavy (non-hydrogen) atoms. The van der Waals surface area contributed by atoms with Crippen LogP contribution in [-0.4, -0.2) is 29.5 Å². The van der Waals surface area contributed by atoms with E-state index in [-0.39, 0.29) is 0 Å². The predicted molar refractivity (Wildman–Crippen MR) is 84.4 cm³/mol.